The molecule has 2 amide bonds. The second kappa shape index (κ2) is 6.64. The summed E-state index contributed by atoms with van der Waals surface area (Å²) in [7, 11) is 0. The highest BCUT2D eigenvalue weighted by Gasteiger charge is 2.31. The van der Waals surface area contributed by atoms with Crippen LogP contribution in [-0.2, 0) is 16.0 Å². The molecule has 3 rings (SSSR count). The number of aromatic nitrogens is 2. The van der Waals surface area contributed by atoms with Gasteiger partial charge in [0.25, 0.3) is 0 Å². The Hall–Kier alpha value is -2.63. The van der Waals surface area contributed by atoms with E-state index in [4.69, 9.17) is 0 Å². The first-order valence-corrected chi connectivity index (χ1v) is 7.76. The molecule has 1 aromatic heterocycles. The van der Waals surface area contributed by atoms with Crippen LogP contribution in [-0.4, -0.2) is 34.6 Å². The Labute approximate surface area is 134 Å². The van der Waals surface area contributed by atoms with Gasteiger partial charge in [-0.05, 0) is 31.0 Å². The van der Waals surface area contributed by atoms with Crippen LogP contribution in [0, 0.1) is 6.92 Å². The van der Waals surface area contributed by atoms with Crippen molar-refractivity contribution in [2.24, 2.45) is 0 Å². The topological polar surface area (TPSA) is 78.1 Å². The standard InChI is InChI=1S/C17H20N4O2/c1-12-2-5-15(6-3-12)21-11-14(8-17(21)23)20-16(22)7-4-13-9-18-19-10-13/h2-3,5-6,9-10,14H,4,7-8,11H2,1H3,(H,18,19)(H,20,22)/t14-/m1/s1. The maximum absolute atomic E-state index is 12.2. The second-order valence-electron chi connectivity index (χ2n) is 5.92. The summed E-state index contributed by atoms with van der Waals surface area (Å²) in [4.78, 5) is 25.9. The molecule has 0 unspecified atom stereocenters. The number of aryl methyl sites for hydroxylation is 2. The lowest BCUT2D eigenvalue weighted by atomic mass is 10.2. The molecule has 0 bridgehead atoms. The number of anilines is 1. The Morgan fingerprint density at radius 3 is 2.87 bits per heavy atom. The molecule has 1 atom stereocenters. The summed E-state index contributed by atoms with van der Waals surface area (Å²) in [6, 6.07) is 7.73. The normalized spacial score (nSPS) is 17.5. The van der Waals surface area contributed by atoms with Gasteiger partial charge in [-0.15, -0.1) is 0 Å². The Balaban J connectivity index is 1.53. The molecule has 0 spiro atoms. The van der Waals surface area contributed by atoms with Crippen LogP contribution in [0.2, 0.25) is 0 Å². The van der Waals surface area contributed by atoms with Gasteiger partial charge in [0.05, 0.1) is 12.2 Å². The number of amides is 2. The third-order valence-electron chi connectivity index (χ3n) is 4.03. The van der Waals surface area contributed by atoms with Crippen molar-refractivity contribution >= 4 is 17.5 Å². The van der Waals surface area contributed by atoms with Crippen LogP contribution in [0.1, 0.15) is 24.0 Å². The monoisotopic (exact) mass is 312 g/mol. The number of rotatable bonds is 5. The number of nitrogens with zero attached hydrogens (tertiary/aromatic N) is 2. The van der Waals surface area contributed by atoms with Crippen molar-refractivity contribution in [1.82, 2.24) is 15.5 Å². The molecule has 120 valence electrons. The highest BCUT2D eigenvalue weighted by atomic mass is 16.2. The molecule has 0 aliphatic carbocycles. The first kappa shape index (κ1) is 15.3. The van der Waals surface area contributed by atoms with Crippen LogP contribution in [0.4, 0.5) is 5.69 Å². The van der Waals surface area contributed by atoms with Gasteiger partial charge in [-0.2, -0.15) is 5.10 Å². The summed E-state index contributed by atoms with van der Waals surface area (Å²) >= 11 is 0. The quantitative estimate of drug-likeness (QED) is 0.880. The largest absolute Gasteiger partial charge is 0.351 e. The first-order valence-electron chi connectivity index (χ1n) is 7.76. The van der Waals surface area contributed by atoms with Crippen LogP contribution in [0.25, 0.3) is 0 Å². The highest BCUT2D eigenvalue weighted by Crippen LogP contribution is 2.22. The van der Waals surface area contributed by atoms with Crippen molar-refractivity contribution in [2.45, 2.75) is 32.2 Å². The van der Waals surface area contributed by atoms with Crippen molar-refractivity contribution in [2.75, 3.05) is 11.4 Å². The van der Waals surface area contributed by atoms with E-state index in [1.165, 1.54) is 0 Å². The van der Waals surface area contributed by atoms with E-state index in [0.717, 1.165) is 16.8 Å². The van der Waals surface area contributed by atoms with E-state index in [2.05, 4.69) is 15.5 Å². The van der Waals surface area contributed by atoms with E-state index in [9.17, 15) is 9.59 Å². The van der Waals surface area contributed by atoms with Gasteiger partial charge >= 0.3 is 0 Å². The van der Waals surface area contributed by atoms with Crippen LogP contribution < -0.4 is 10.2 Å². The minimum Gasteiger partial charge on any atom is -0.351 e. The predicted octanol–water partition coefficient (Wildman–Crippen LogP) is 1.57. The van der Waals surface area contributed by atoms with Crippen LogP contribution in [0.5, 0.6) is 0 Å². The minimum absolute atomic E-state index is 0.0326. The highest BCUT2D eigenvalue weighted by molar-refractivity contribution is 5.96. The molecule has 2 aromatic rings. The molecule has 6 nitrogen and oxygen atoms in total. The molecular weight excluding hydrogens is 292 g/mol. The summed E-state index contributed by atoms with van der Waals surface area (Å²) in [5.74, 6) is 0.0174. The van der Waals surface area contributed by atoms with Crippen LogP contribution in [0.15, 0.2) is 36.7 Å². The number of H-pyrrole nitrogens is 1. The molecule has 0 saturated carbocycles. The van der Waals surface area contributed by atoms with Gasteiger partial charge in [-0.1, -0.05) is 17.7 Å². The van der Waals surface area contributed by atoms with Crippen LogP contribution in [0.3, 0.4) is 0 Å². The molecule has 1 saturated heterocycles. The third kappa shape index (κ3) is 3.77. The van der Waals surface area contributed by atoms with Crippen LogP contribution >= 0.6 is 0 Å². The zero-order chi connectivity index (χ0) is 16.2. The number of nitrogens with one attached hydrogen (secondary N) is 2. The summed E-state index contributed by atoms with van der Waals surface area (Å²) in [6.45, 7) is 2.54. The van der Waals surface area contributed by atoms with Gasteiger partial charge < -0.3 is 10.2 Å². The number of benzene rings is 1. The van der Waals surface area contributed by atoms with E-state index in [1.807, 2.05) is 31.2 Å². The fourth-order valence-electron chi connectivity index (χ4n) is 2.75. The Morgan fingerprint density at radius 1 is 1.39 bits per heavy atom. The fourth-order valence-corrected chi connectivity index (χ4v) is 2.75. The van der Waals surface area contributed by atoms with Gasteiger partial charge in [0.15, 0.2) is 0 Å². The Kier molecular flexibility index (Phi) is 4.41. The molecule has 1 aromatic carbocycles. The molecule has 6 heteroatoms. The zero-order valence-electron chi connectivity index (χ0n) is 13.1. The van der Waals surface area contributed by atoms with Crippen molar-refractivity contribution in [3.63, 3.8) is 0 Å². The lowest BCUT2D eigenvalue weighted by Crippen LogP contribution is -2.37. The van der Waals surface area contributed by atoms with E-state index in [1.54, 1.807) is 17.3 Å². The lowest BCUT2D eigenvalue weighted by molar-refractivity contribution is -0.121. The van der Waals surface area contributed by atoms with Gasteiger partial charge in [0.1, 0.15) is 0 Å². The molecule has 2 heterocycles. The number of carbonyl (C=O) groups is 2. The molecule has 1 aliphatic heterocycles. The first-order chi connectivity index (χ1) is 11.1. The molecule has 1 aliphatic rings. The average Bonchev–Trinajstić information content (AvgIpc) is 3.16. The van der Waals surface area contributed by atoms with E-state index < -0.39 is 0 Å². The van der Waals surface area contributed by atoms with Crippen molar-refractivity contribution in [3.05, 3.63) is 47.8 Å². The van der Waals surface area contributed by atoms with Crippen molar-refractivity contribution < 1.29 is 9.59 Å². The van der Waals surface area contributed by atoms with Gasteiger partial charge in [0.2, 0.25) is 11.8 Å². The lowest BCUT2D eigenvalue weighted by Gasteiger charge is -2.17. The van der Waals surface area contributed by atoms with Crippen molar-refractivity contribution in [3.8, 4) is 0 Å². The Bertz CT molecular complexity index is 679. The van der Waals surface area contributed by atoms with E-state index in [-0.39, 0.29) is 17.9 Å². The summed E-state index contributed by atoms with van der Waals surface area (Å²) < 4.78 is 0. The molecular formula is C17H20N4O2. The molecule has 2 N–H and O–H groups in total. The minimum atomic E-state index is -0.124. The van der Waals surface area contributed by atoms with E-state index in [0.29, 0.717) is 25.8 Å². The maximum atomic E-state index is 12.2. The SMILES string of the molecule is Cc1ccc(N2C[C@H](NC(=O)CCc3cn[nH]c3)CC2=O)cc1. The summed E-state index contributed by atoms with van der Waals surface area (Å²) in [5, 5.41) is 9.53. The number of carbonyl (C=O) groups excluding carboxylic acids is 2. The maximum Gasteiger partial charge on any atom is 0.229 e. The summed E-state index contributed by atoms with van der Waals surface area (Å²) in [6.07, 6.45) is 4.89. The van der Waals surface area contributed by atoms with Gasteiger partial charge in [-0.3, -0.25) is 14.7 Å². The third-order valence-corrected chi connectivity index (χ3v) is 4.03. The van der Waals surface area contributed by atoms with Gasteiger partial charge in [-0.25, -0.2) is 0 Å². The number of hydrogen-bond donors (Lipinski definition) is 2. The average molecular weight is 312 g/mol. The fraction of sp³-hybridized carbons (Fsp3) is 0.353. The molecule has 23 heavy (non-hydrogen) atoms. The molecule has 0 radical (unpaired) electrons. The molecule has 1 fully saturated rings. The second-order valence-corrected chi connectivity index (χ2v) is 5.92. The van der Waals surface area contributed by atoms with Crippen molar-refractivity contribution in [1.29, 1.82) is 0 Å². The van der Waals surface area contributed by atoms with Gasteiger partial charge in [0, 0.05) is 31.3 Å². The Morgan fingerprint density at radius 2 is 2.17 bits per heavy atom. The predicted molar refractivity (Wildman–Crippen MR) is 87.0 cm³/mol. The number of hydrogen-bond acceptors (Lipinski definition) is 3. The number of aromatic amines is 1. The zero-order valence-corrected chi connectivity index (χ0v) is 13.1. The smallest absolute Gasteiger partial charge is 0.229 e. The van der Waals surface area contributed by atoms with E-state index >= 15 is 0 Å². The summed E-state index contributed by atoms with van der Waals surface area (Å²) in [5.41, 5.74) is 3.05.